The molecule has 27 heavy (non-hydrogen) atoms. The smallest absolute Gasteiger partial charge is 0.326 e. The van der Waals surface area contributed by atoms with Crippen molar-refractivity contribution in [3.05, 3.63) is 42.5 Å². The van der Waals surface area contributed by atoms with Gasteiger partial charge in [0.05, 0.1) is 0 Å². The Morgan fingerprint density at radius 1 is 1.19 bits per heavy atom. The Morgan fingerprint density at radius 2 is 1.96 bits per heavy atom. The van der Waals surface area contributed by atoms with Crippen molar-refractivity contribution in [3.63, 3.8) is 0 Å². The highest BCUT2D eigenvalue weighted by atomic mass is 16.4. The average molecular weight is 369 g/mol. The molecule has 3 rings (SSSR count). The molecular weight excluding hydrogens is 342 g/mol. The molecule has 144 valence electrons. The summed E-state index contributed by atoms with van der Waals surface area (Å²) < 4.78 is 0. The molecule has 1 heterocycles. The number of nitrogens with one attached hydrogen (secondary N) is 1. The monoisotopic (exact) mass is 369 g/mol. The van der Waals surface area contributed by atoms with Gasteiger partial charge in [0.15, 0.2) is 0 Å². The minimum Gasteiger partial charge on any atom is -0.480 e. The quantitative estimate of drug-likeness (QED) is 0.622. The zero-order chi connectivity index (χ0) is 19.2. The van der Waals surface area contributed by atoms with Crippen LogP contribution in [0.25, 0.3) is 10.8 Å². The Kier molecular flexibility index (Phi) is 6.29. The number of aliphatic carboxylic acids is 1. The van der Waals surface area contributed by atoms with E-state index in [-0.39, 0.29) is 5.91 Å². The van der Waals surface area contributed by atoms with E-state index in [0.717, 1.165) is 35.7 Å². The number of anilines is 1. The summed E-state index contributed by atoms with van der Waals surface area (Å²) in [4.78, 5) is 26.1. The number of amides is 1. The number of unbranched alkanes of at least 4 members (excludes halogenated alkanes) is 1. The molecule has 4 N–H and O–H groups in total. The fourth-order valence-electron chi connectivity index (χ4n) is 3.72. The van der Waals surface area contributed by atoms with Crippen molar-refractivity contribution in [2.75, 3.05) is 18.4 Å². The molecule has 1 aliphatic rings. The fraction of sp³-hybridized carbons (Fsp3) is 0.429. The predicted octanol–water partition coefficient (Wildman–Crippen LogP) is 2.82. The molecule has 2 aromatic carbocycles. The van der Waals surface area contributed by atoms with Gasteiger partial charge in [-0.1, -0.05) is 30.3 Å². The molecule has 2 aromatic rings. The molecule has 0 aromatic heterocycles. The van der Waals surface area contributed by atoms with E-state index in [4.69, 9.17) is 5.73 Å². The fourth-order valence-corrected chi connectivity index (χ4v) is 3.72. The molecule has 6 nitrogen and oxygen atoms in total. The van der Waals surface area contributed by atoms with Crippen LogP contribution < -0.4 is 11.1 Å². The van der Waals surface area contributed by atoms with Crippen LogP contribution in [0.15, 0.2) is 42.5 Å². The Balaban J connectivity index is 1.79. The standard InChI is InChI=1S/C21H27N3O3/c22-12-4-3-8-18(20(25)24-13-5-9-19(24)21(26)27)23-17-11-10-15-6-1-2-7-16(15)14-17/h1-2,6-7,10-11,14,18-19,23H,3-5,8-9,12-13,22H2,(H,26,27)/t18?,19-/m1/s1. The van der Waals surface area contributed by atoms with E-state index in [0.29, 0.717) is 25.9 Å². The van der Waals surface area contributed by atoms with Crippen LogP contribution in [0, 0.1) is 0 Å². The van der Waals surface area contributed by atoms with Crippen molar-refractivity contribution < 1.29 is 14.7 Å². The van der Waals surface area contributed by atoms with E-state index in [1.165, 1.54) is 4.90 Å². The van der Waals surface area contributed by atoms with Crippen molar-refractivity contribution in [1.29, 1.82) is 0 Å². The van der Waals surface area contributed by atoms with Gasteiger partial charge in [-0.3, -0.25) is 4.79 Å². The predicted molar refractivity (Wildman–Crippen MR) is 107 cm³/mol. The van der Waals surface area contributed by atoms with Crippen molar-refractivity contribution in [2.45, 2.75) is 44.2 Å². The molecule has 0 bridgehead atoms. The van der Waals surface area contributed by atoms with Crippen LogP contribution in [0.3, 0.4) is 0 Å². The second-order valence-electron chi connectivity index (χ2n) is 7.07. The Hall–Kier alpha value is -2.60. The zero-order valence-electron chi connectivity index (χ0n) is 15.4. The van der Waals surface area contributed by atoms with Gasteiger partial charge >= 0.3 is 5.97 Å². The van der Waals surface area contributed by atoms with Crippen LogP contribution in [0.2, 0.25) is 0 Å². The summed E-state index contributed by atoms with van der Waals surface area (Å²) in [6.07, 6.45) is 3.54. The summed E-state index contributed by atoms with van der Waals surface area (Å²) in [6.45, 7) is 1.08. The number of rotatable bonds is 8. The first-order valence-electron chi connectivity index (χ1n) is 9.59. The van der Waals surface area contributed by atoms with Crippen LogP contribution in [0.5, 0.6) is 0 Å². The van der Waals surface area contributed by atoms with Gasteiger partial charge < -0.3 is 21.1 Å². The number of carboxylic acid groups (broad SMARTS) is 1. The third-order valence-corrected chi connectivity index (χ3v) is 5.16. The van der Waals surface area contributed by atoms with Crippen molar-refractivity contribution in [1.82, 2.24) is 4.90 Å². The largest absolute Gasteiger partial charge is 0.480 e. The minimum absolute atomic E-state index is 0.134. The van der Waals surface area contributed by atoms with Crippen molar-refractivity contribution in [3.8, 4) is 0 Å². The molecule has 1 amide bonds. The number of carbonyl (C=O) groups is 2. The highest BCUT2D eigenvalue weighted by molar-refractivity contribution is 5.91. The van der Waals surface area contributed by atoms with Gasteiger partial charge in [0.1, 0.15) is 12.1 Å². The zero-order valence-corrected chi connectivity index (χ0v) is 15.4. The van der Waals surface area contributed by atoms with Crippen molar-refractivity contribution >= 4 is 28.3 Å². The van der Waals surface area contributed by atoms with Gasteiger partial charge in [-0.05, 0) is 61.6 Å². The summed E-state index contributed by atoms with van der Waals surface area (Å²) >= 11 is 0. The number of likely N-dealkylation sites (tertiary alicyclic amines) is 1. The summed E-state index contributed by atoms with van der Waals surface area (Å²) in [6, 6.07) is 12.9. The molecule has 0 spiro atoms. The average Bonchev–Trinajstić information content (AvgIpc) is 3.17. The lowest BCUT2D eigenvalue weighted by molar-refractivity contribution is -0.148. The maximum atomic E-state index is 13.1. The first-order valence-corrected chi connectivity index (χ1v) is 9.59. The van der Waals surface area contributed by atoms with Crippen LogP contribution >= 0.6 is 0 Å². The maximum Gasteiger partial charge on any atom is 0.326 e. The summed E-state index contributed by atoms with van der Waals surface area (Å²) in [5.74, 6) is -1.06. The first-order chi connectivity index (χ1) is 13.1. The highest BCUT2D eigenvalue weighted by Crippen LogP contribution is 2.23. The number of nitrogens with two attached hydrogens (primary N) is 1. The van der Waals surface area contributed by atoms with Gasteiger partial charge in [-0.2, -0.15) is 0 Å². The van der Waals surface area contributed by atoms with E-state index in [1.54, 1.807) is 0 Å². The molecule has 1 saturated heterocycles. The number of benzene rings is 2. The molecule has 6 heteroatoms. The molecule has 2 atom stereocenters. The lowest BCUT2D eigenvalue weighted by atomic mass is 10.1. The number of nitrogens with zero attached hydrogens (tertiary/aromatic N) is 1. The second kappa shape index (κ2) is 8.86. The maximum absolute atomic E-state index is 13.1. The third kappa shape index (κ3) is 4.57. The lowest BCUT2D eigenvalue weighted by Crippen LogP contribution is -2.47. The van der Waals surface area contributed by atoms with Crippen LogP contribution in [0.4, 0.5) is 5.69 Å². The normalized spacial score (nSPS) is 17.8. The number of carbonyl (C=O) groups excluding carboxylic acids is 1. The van der Waals surface area contributed by atoms with Gasteiger partial charge in [-0.15, -0.1) is 0 Å². The third-order valence-electron chi connectivity index (χ3n) is 5.16. The van der Waals surface area contributed by atoms with Crippen LogP contribution in [0.1, 0.15) is 32.1 Å². The molecule has 0 saturated carbocycles. The topological polar surface area (TPSA) is 95.7 Å². The summed E-state index contributed by atoms with van der Waals surface area (Å²) in [5, 5.41) is 15.0. The molecule has 1 fully saturated rings. The molecular formula is C21H27N3O3. The van der Waals surface area contributed by atoms with Gasteiger partial charge in [0.25, 0.3) is 0 Å². The first kappa shape index (κ1) is 19.2. The van der Waals surface area contributed by atoms with Gasteiger partial charge in [0, 0.05) is 12.2 Å². The van der Waals surface area contributed by atoms with Crippen LogP contribution in [-0.2, 0) is 9.59 Å². The number of fused-ring (bicyclic) bond motifs is 1. The molecule has 1 aliphatic heterocycles. The minimum atomic E-state index is -0.924. The molecule has 0 radical (unpaired) electrons. The SMILES string of the molecule is NCCCCC(Nc1ccc2ccccc2c1)C(=O)N1CCC[C@@H]1C(=O)O. The Bertz CT molecular complexity index is 808. The van der Waals surface area contributed by atoms with Crippen LogP contribution in [-0.4, -0.2) is 47.1 Å². The second-order valence-corrected chi connectivity index (χ2v) is 7.07. The number of hydrogen-bond acceptors (Lipinski definition) is 4. The van der Waals surface area contributed by atoms with E-state index >= 15 is 0 Å². The van der Waals surface area contributed by atoms with Gasteiger partial charge in [-0.25, -0.2) is 4.79 Å². The van der Waals surface area contributed by atoms with Gasteiger partial charge in [0.2, 0.25) is 5.91 Å². The summed E-state index contributed by atoms with van der Waals surface area (Å²) in [7, 11) is 0. The number of carboxylic acids is 1. The van der Waals surface area contributed by atoms with E-state index in [1.807, 2.05) is 42.5 Å². The van der Waals surface area contributed by atoms with Crippen molar-refractivity contribution in [2.24, 2.45) is 5.73 Å². The summed E-state index contributed by atoms with van der Waals surface area (Å²) in [5.41, 5.74) is 6.46. The Labute approximate surface area is 159 Å². The highest BCUT2D eigenvalue weighted by Gasteiger charge is 2.36. The number of hydrogen-bond donors (Lipinski definition) is 3. The lowest BCUT2D eigenvalue weighted by Gasteiger charge is -2.28. The van der Waals surface area contributed by atoms with E-state index in [2.05, 4.69) is 5.32 Å². The van der Waals surface area contributed by atoms with E-state index < -0.39 is 18.1 Å². The Morgan fingerprint density at radius 3 is 2.70 bits per heavy atom. The molecule has 0 aliphatic carbocycles. The molecule has 1 unspecified atom stereocenters. The van der Waals surface area contributed by atoms with E-state index in [9.17, 15) is 14.7 Å².